The molecule has 1 aliphatic heterocycles. The van der Waals surface area contributed by atoms with Gasteiger partial charge in [-0.25, -0.2) is 0 Å². The summed E-state index contributed by atoms with van der Waals surface area (Å²) in [5.74, 6) is 2.74. The van der Waals surface area contributed by atoms with Crippen LogP contribution in [0.4, 0.5) is 0 Å². The van der Waals surface area contributed by atoms with Crippen LogP contribution in [-0.2, 0) is 4.79 Å². The van der Waals surface area contributed by atoms with Crippen LogP contribution in [0.15, 0.2) is 0 Å². The molecule has 2 saturated carbocycles. The van der Waals surface area contributed by atoms with Crippen LogP contribution in [0.25, 0.3) is 0 Å². The number of hydrogen-bond donors (Lipinski definition) is 2. The van der Waals surface area contributed by atoms with Gasteiger partial charge in [-0.1, -0.05) is 6.42 Å². The lowest BCUT2D eigenvalue weighted by Crippen LogP contribution is -2.44. The first-order valence-corrected chi connectivity index (χ1v) is 7.89. The molecule has 108 valence electrons. The second-order valence-corrected chi connectivity index (χ2v) is 6.98. The Hall–Kier alpha value is -0.610. The van der Waals surface area contributed by atoms with Gasteiger partial charge in [0.05, 0.1) is 6.54 Å². The number of nitrogens with two attached hydrogens (primary N) is 1. The molecule has 3 N–H and O–H groups in total. The van der Waals surface area contributed by atoms with Crippen molar-refractivity contribution in [1.82, 2.24) is 10.2 Å². The fourth-order valence-corrected chi connectivity index (χ4v) is 4.52. The van der Waals surface area contributed by atoms with E-state index in [1.165, 1.54) is 25.7 Å². The second-order valence-electron chi connectivity index (χ2n) is 6.98. The molecule has 0 aromatic heterocycles. The molecule has 3 rings (SSSR count). The Kier molecular flexibility index (Phi) is 3.81. The summed E-state index contributed by atoms with van der Waals surface area (Å²) in [6.45, 7) is 4.56. The zero-order valence-electron chi connectivity index (χ0n) is 12.0. The Labute approximate surface area is 116 Å². The van der Waals surface area contributed by atoms with Gasteiger partial charge in [-0.05, 0) is 50.4 Å². The van der Waals surface area contributed by atoms with Gasteiger partial charge in [0.25, 0.3) is 0 Å². The number of likely N-dealkylation sites (tertiary alicyclic amines) is 1. The normalized spacial score (nSPS) is 39.7. The molecule has 1 heterocycles. The molecular formula is C15H27N3O. The summed E-state index contributed by atoms with van der Waals surface area (Å²) in [5, 5.41) is 3.23. The van der Waals surface area contributed by atoms with Gasteiger partial charge in [-0.2, -0.15) is 0 Å². The van der Waals surface area contributed by atoms with Gasteiger partial charge in [-0.3, -0.25) is 9.69 Å². The summed E-state index contributed by atoms with van der Waals surface area (Å²) in [4.78, 5) is 14.3. The summed E-state index contributed by atoms with van der Waals surface area (Å²) < 4.78 is 0. The van der Waals surface area contributed by atoms with Crippen LogP contribution in [0.5, 0.6) is 0 Å². The minimum atomic E-state index is 0.185. The van der Waals surface area contributed by atoms with Crippen molar-refractivity contribution in [3.05, 3.63) is 0 Å². The zero-order chi connectivity index (χ0) is 13.4. The van der Waals surface area contributed by atoms with Crippen LogP contribution >= 0.6 is 0 Å². The number of carbonyl (C=O) groups excluding carboxylic acids is 1. The highest BCUT2D eigenvalue weighted by Gasteiger charge is 2.42. The lowest BCUT2D eigenvalue weighted by Gasteiger charge is -2.29. The molecule has 0 aromatic rings. The molecule has 3 aliphatic rings. The predicted molar refractivity (Wildman–Crippen MR) is 75.6 cm³/mol. The van der Waals surface area contributed by atoms with Crippen LogP contribution in [0.2, 0.25) is 0 Å². The van der Waals surface area contributed by atoms with Gasteiger partial charge in [0.2, 0.25) is 5.91 Å². The summed E-state index contributed by atoms with van der Waals surface area (Å²) in [6.07, 6.45) is 6.58. The smallest absolute Gasteiger partial charge is 0.234 e. The molecule has 4 heteroatoms. The number of amides is 1. The summed E-state index contributed by atoms with van der Waals surface area (Å²) in [6, 6.07) is 0.606. The van der Waals surface area contributed by atoms with E-state index in [1.54, 1.807) is 0 Å². The van der Waals surface area contributed by atoms with Crippen LogP contribution in [0.1, 0.15) is 39.0 Å². The van der Waals surface area contributed by atoms with Gasteiger partial charge in [0, 0.05) is 25.2 Å². The molecule has 2 aliphatic carbocycles. The van der Waals surface area contributed by atoms with Crippen molar-refractivity contribution < 1.29 is 4.79 Å². The van der Waals surface area contributed by atoms with Crippen LogP contribution in [-0.4, -0.2) is 42.5 Å². The molecule has 0 spiro atoms. The third kappa shape index (κ3) is 2.95. The minimum Gasteiger partial charge on any atom is -0.352 e. The molecule has 4 nitrogen and oxygen atoms in total. The van der Waals surface area contributed by atoms with Crippen molar-refractivity contribution in [2.24, 2.45) is 23.5 Å². The predicted octanol–water partition coefficient (Wildman–Crippen LogP) is 0.960. The van der Waals surface area contributed by atoms with Crippen molar-refractivity contribution in [3.63, 3.8) is 0 Å². The third-order valence-corrected chi connectivity index (χ3v) is 5.50. The van der Waals surface area contributed by atoms with Crippen molar-refractivity contribution in [2.45, 2.75) is 51.1 Å². The molecule has 4 unspecified atom stereocenters. The standard InChI is InChI=1S/C15H27N3O/c1-10(14-7-11-2-3-12(14)6-11)17-15(19)9-18-5-4-13(16)8-18/h10-14H,2-9,16H2,1H3,(H,17,19)/t10?,11?,12?,13-,14?/m1/s1. The van der Waals surface area contributed by atoms with Gasteiger partial charge < -0.3 is 11.1 Å². The highest BCUT2D eigenvalue weighted by atomic mass is 16.2. The van der Waals surface area contributed by atoms with E-state index in [0.29, 0.717) is 12.6 Å². The summed E-state index contributed by atoms with van der Waals surface area (Å²) in [7, 11) is 0. The Morgan fingerprint density at radius 1 is 1.37 bits per heavy atom. The maximum absolute atomic E-state index is 12.1. The highest BCUT2D eigenvalue weighted by molar-refractivity contribution is 5.78. The van der Waals surface area contributed by atoms with Gasteiger partial charge in [0.1, 0.15) is 0 Å². The fraction of sp³-hybridized carbons (Fsp3) is 0.933. The van der Waals surface area contributed by atoms with Crippen molar-refractivity contribution in [1.29, 1.82) is 0 Å². The van der Waals surface area contributed by atoms with Crippen molar-refractivity contribution in [2.75, 3.05) is 19.6 Å². The Morgan fingerprint density at radius 3 is 2.79 bits per heavy atom. The van der Waals surface area contributed by atoms with Crippen molar-refractivity contribution in [3.8, 4) is 0 Å². The number of nitrogens with one attached hydrogen (secondary N) is 1. The van der Waals surface area contributed by atoms with E-state index in [1.807, 2.05) is 0 Å². The average Bonchev–Trinajstić information content (AvgIpc) is 3.05. The number of nitrogens with zero attached hydrogens (tertiary/aromatic N) is 1. The summed E-state index contributed by atoms with van der Waals surface area (Å²) in [5.41, 5.74) is 5.87. The minimum absolute atomic E-state index is 0.185. The highest BCUT2D eigenvalue weighted by Crippen LogP contribution is 2.49. The van der Waals surface area contributed by atoms with E-state index in [9.17, 15) is 4.79 Å². The topological polar surface area (TPSA) is 58.4 Å². The van der Waals surface area contributed by atoms with Crippen LogP contribution in [0.3, 0.4) is 0 Å². The van der Waals surface area contributed by atoms with E-state index >= 15 is 0 Å². The number of fused-ring (bicyclic) bond motifs is 2. The Bertz CT molecular complexity index is 346. The average molecular weight is 265 g/mol. The molecule has 1 amide bonds. The van der Waals surface area contributed by atoms with Gasteiger partial charge >= 0.3 is 0 Å². The second kappa shape index (κ2) is 5.41. The van der Waals surface area contributed by atoms with E-state index < -0.39 is 0 Å². The summed E-state index contributed by atoms with van der Waals surface area (Å²) >= 11 is 0. The lowest BCUT2D eigenvalue weighted by molar-refractivity contribution is -0.123. The first-order chi connectivity index (χ1) is 9.11. The monoisotopic (exact) mass is 265 g/mol. The number of carbonyl (C=O) groups is 1. The molecule has 0 radical (unpaired) electrons. The molecule has 19 heavy (non-hydrogen) atoms. The molecule has 3 fully saturated rings. The molecule has 1 saturated heterocycles. The number of rotatable bonds is 4. The quantitative estimate of drug-likeness (QED) is 0.796. The maximum Gasteiger partial charge on any atom is 0.234 e. The number of hydrogen-bond acceptors (Lipinski definition) is 3. The fourth-order valence-electron chi connectivity index (χ4n) is 4.52. The molecule has 5 atom stereocenters. The third-order valence-electron chi connectivity index (χ3n) is 5.50. The van der Waals surface area contributed by atoms with Crippen molar-refractivity contribution >= 4 is 5.91 Å². The Morgan fingerprint density at radius 2 is 2.21 bits per heavy atom. The van der Waals surface area contributed by atoms with Gasteiger partial charge in [-0.15, -0.1) is 0 Å². The van der Waals surface area contributed by atoms with E-state index in [0.717, 1.165) is 37.3 Å². The Balaban J connectivity index is 1.44. The largest absolute Gasteiger partial charge is 0.352 e. The lowest BCUT2D eigenvalue weighted by atomic mass is 9.84. The maximum atomic E-state index is 12.1. The van der Waals surface area contributed by atoms with E-state index in [4.69, 9.17) is 5.73 Å². The molecule has 2 bridgehead atoms. The SMILES string of the molecule is CC(NC(=O)CN1CC[C@@H](N)C1)C1CC2CCC1C2. The molecule has 0 aromatic carbocycles. The first kappa shape index (κ1) is 13.4. The zero-order valence-corrected chi connectivity index (χ0v) is 12.0. The van der Waals surface area contributed by atoms with Gasteiger partial charge in [0.15, 0.2) is 0 Å². The van der Waals surface area contributed by atoms with E-state index in [-0.39, 0.29) is 11.9 Å². The molecular weight excluding hydrogens is 238 g/mol. The van der Waals surface area contributed by atoms with Crippen LogP contribution in [0, 0.1) is 17.8 Å². The first-order valence-electron chi connectivity index (χ1n) is 7.89. The van der Waals surface area contributed by atoms with E-state index in [2.05, 4.69) is 17.1 Å². The van der Waals surface area contributed by atoms with Crippen LogP contribution < -0.4 is 11.1 Å².